The number of carbonyl (C=O) groups excluding carboxylic acids is 2. The van der Waals surface area contributed by atoms with E-state index in [2.05, 4.69) is 76.2 Å². The van der Waals surface area contributed by atoms with E-state index in [1.54, 1.807) is 16.3 Å². The van der Waals surface area contributed by atoms with Crippen LogP contribution in [0.4, 0.5) is 0 Å². The van der Waals surface area contributed by atoms with Gasteiger partial charge in [0.05, 0.1) is 11.7 Å². The van der Waals surface area contributed by atoms with Crippen molar-refractivity contribution < 1.29 is 19.1 Å². The van der Waals surface area contributed by atoms with E-state index in [1.807, 2.05) is 53.6 Å². The largest absolute Gasteiger partial charge is 0.378 e. The van der Waals surface area contributed by atoms with E-state index in [4.69, 9.17) is 9.47 Å². The summed E-state index contributed by atoms with van der Waals surface area (Å²) in [5.74, 6) is 1.63. The summed E-state index contributed by atoms with van der Waals surface area (Å²) in [6, 6.07) is 0. The van der Waals surface area contributed by atoms with Crippen molar-refractivity contribution in [3.63, 3.8) is 0 Å². The minimum atomic E-state index is -0.258. The van der Waals surface area contributed by atoms with Crippen LogP contribution in [0.3, 0.4) is 0 Å². The van der Waals surface area contributed by atoms with E-state index in [0.29, 0.717) is 32.0 Å². The number of nitrogens with zero attached hydrogens (tertiary/aromatic N) is 2. The van der Waals surface area contributed by atoms with E-state index in [-0.39, 0.29) is 39.8 Å². The second kappa shape index (κ2) is 21.8. The molecule has 2 amide bonds. The van der Waals surface area contributed by atoms with Crippen molar-refractivity contribution >= 4 is 23.8 Å². The highest BCUT2D eigenvalue weighted by Crippen LogP contribution is 2.43. The maximum Gasteiger partial charge on any atom is 0.231 e. The molecule has 0 heterocycles. The summed E-state index contributed by atoms with van der Waals surface area (Å²) in [5, 5.41) is 0. The van der Waals surface area contributed by atoms with Gasteiger partial charge in [0.1, 0.15) is 0 Å². The summed E-state index contributed by atoms with van der Waals surface area (Å²) in [5.41, 5.74) is -0.214. The van der Waals surface area contributed by atoms with Gasteiger partial charge in [0, 0.05) is 52.4 Å². The van der Waals surface area contributed by atoms with Gasteiger partial charge in [0.25, 0.3) is 0 Å². The van der Waals surface area contributed by atoms with E-state index in [0.717, 1.165) is 31.6 Å². The fraction of sp³-hybridized carbons (Fsp3) is 0.943. The molecule has 0 aromatic carbocycles. The molecule has 7 heteroatoms. The molecule has 0 aliphatic heterocycles. The third-order valence-corrected chi connectivity index (χ3v) is 9.45. The van der Waals surface area contributed by atoms with Crippen LogP contribution >= 0.6 is 11.9 Å². The molecule has 1 atom stereocenters. The van der Waals surface area contributed by atoms with Crippen LogP contribution in [0.25, 0.3) is 0 Å². The molecule has 0 saturated carbocycles. The standard InChI is InChI=1S/C31H62N2O4S.2C2H6/c1-15-26(34)33(14)38-23-28(5,6)16-19-37-31(11,12)17-18-36-25(4)21-29(7,8)30(9,10)22-32(13)27(35)20-24(2)3;2*1-2/h24-25H,15-23H2,1-14H3;2*1-2H3. The highest BCUT2D eigenvalue weighted by Gasteiger charge is 2.39. The summed E-state index contributed by atoms with van der Waals surface area (Å²) in [6.45, 7) is 36.1. The molecule has 0 rings (SSSR count). The molecule has 0 N–H and O–H groups in total. The third kappa shape index (κ3) is 20.2. The summed E-state index contributed by atoms with van der Waals surface area (Å²) >= 11 is 1.59. The molecule has 254 valence electrons. The van der Waals surface area contributed by atoms with Crippen LogP contribution < -0.4 is 0 Å². The highest BCUT2D eigenvalue weighted by atomic mass is 32.2. The van der Waals surface area contributed by atoms with E-state index < -0.39 is 0 Å². The van der Waals surface area contributed by atoms with E-state index in [9.17, 15) is 9.59 Å². The Labute approximate surface area is 267 Å². The fourth-order valence-electron chi connectivity index (χ4n) is 4.27. The van der Waals surface area contributed by atoms with Crippen LogP contribution in [-0.4, -0.2) is 72.3 Å². The Kier molecular flexibility index (Phi) is 23.7. The molecule has 0 bridgehead atoms. The van der Waals surface area contributed by atoms with Crippen molar-refractivity contribution in [1.82, 2.24) is 9.21 Å². The lowest BCUT2D eigenvalue weighted by Crippen LogP contribution is -2.45. The molecule has 1 unspecified atom stereocenters. The average Bonchev–Trinajstić information content (AvgIpc) is 2.87. The molecule has 0 aromatic heterocycles. The zero-order chi connectivity index (χ0) is 33.9. The van der Waals surface area contributed by atoms with E-state index in [1.165, 1.54) is 0 Å². The van der Waals surface area contributed by atoms with Gasteiger partial charge in [-0.15, -0.1) is 0 Å². The summed E-state index contributed by atoms with van der Waals surface area (Å²) < 4.78 is 14.3. The van der Waals surface area contributed by atoms with Crippen LogP contribution in [0.2, 0.25) is 0 Å². The van der Waals surface area contributed by atoms with Crippen molar-refractivity contribution in [2.45, 2.75) is 155 Å². The van der Waals surface area contributed by atoms with Crippen LogP contribution in [0, 0.1) is 22.2 Å². The Morgan fingerprint density at radius 3 is 1.79 bits per heavy atom. The maximum absolute atomic E-state index is 12.5. The lowest BCUT2D eigenvalue weighted by Gasteiger charge is -2.45. The van der Waals surface area contributed by atoms with Crippen molar-refractivity contribution in [3.05, 3.63) is 0 Å². The number of hydrogen-bond acceptors (Lipinski definition) is 5. The quantitative estimate of drug-likeness (QED) is 0.135. The zero-order valence-corrected chi connectivity index (χ0v) is 32.3. The molecule has 0 aliphatic rings. The smallest absolute Gasteiger partial charge is 0.231 e. The minimum absolute atomic E-state index is 0.00418. The summed E-state index contributed by atoms with van der Waals surface area (Å²) in [7, 11) is 3.78. The number of rotatable bonds is 19. The number of ether oxygens (including phenoxy) is 2. The van der Waals surface area contributed by atoms with Crippen LogP contribution in [0.1, 0.15) is 143 Å². The van der Waals surface area contributed by atoms with Crippen LogP contribution in [0.5, 0.6) is 0 Å². The second-order valence-electron chi connectivity index (χ2n) is 14.3. The molecule has 42 heavy (non-hydrogen) atoms. The normalized spacial score (nSPS) is 13.0. The molecule has 0 spiro atoms. The van der Waals surface area contributed by atoms with Gasteiger partial charge in [0.2, 0.25) is 11.8 Å². The van der Waals surface area contributed by atoms with Gasteiger partial charge in [0.15, 0.2) is 0 Å². The Hall–Kier alpha value is -0.790. The van der Waals surface area contributed by atoms with Gasteiger partial charge >= 0.3 is 0 Å². The van der Waals surface area contributed by atoms with Gasteiger partial charge in [-0.05, 0) is 74.1 Å². The Morgan fingerprint density at radius 1 is 0.786 bits per heavy atom. The molecular weight excluding hydrogens is 544 g/mol. The lowest BCUT2D eigenvalue weighted by molar-refractivity contribution is -0.133. The molecular formula is C35H74N2O4S. The van der Waals surface area contributed by atoms with E-state index >= 15 is 0 Å². The van der Waals surface area contributed by atoms with Crippen LogP contribution in [0.15, 0.2) is 0 Å². The highest BCUT2D eigenvalue weighted by molar-refractivity contribution is 7.97. The fourth-order valence-corrected chi connectivity index (χ4v) is 5.23. The molecule has 0 aromatic rings. The summed E-state index contributed by atoms with van der Waals surface area (Å²) in [4.78, 5) is 26.2. The predicted molar refractivity (Wildman–Crippen MR) is 186 cm³/mol. The second-order valence-corrected chi connectivity index (χ2v) is 15.4. The van der Waals surface area contributed by atoms with Gasteiger partial charge in [-0.3, -0.25) is 13.9 Å². The first kappa shape index (κ1) is 45.6. The first-order valence-corrected chi connectivity index (χ1v) is 17.5. The Balaban J connectivity index is -0.00000363. The molecule has 6 nitrogen and oxygen atoms in total. The third-order valence-electron chi connectivity index (χ3n) is 7.95. The lowest BCUT2D eigenvalue weighted by atomic mass is 9.65. The minimum Gasteiger partial charge on any atom is -0.378 e. The van der Waals surface area contributed by atoms with Gasteiger partial charge < -0.3 is 14.4 Å². The summed E-state index contributed by atoms with van der Waals surface area (Å²) in [6.07, 6.45) is 3.94. The zero-order valence-electron chi connectivity index (χ0n) is 31.5. The van der Waals surface area contributed by atoms with Gasteiger partial charge in [-0.1, -0.05) is 90.0 Å². The molecule has 0 saturated heterocycles. The molecule has 0 aliphatic carbocycles. The SMILES string of the molecule is CC.CC.CCC(=O)N(C)SCC(C)(C)CCOC(C)(C)CCOC(C)CC(C)(C)C(C)(C)CN(C)C(=O)CC(C)C. The van der Waals surface area contributed by atoms with Crippen LogP contribution in [-0.2, 0) is 19.1 Å². The Morgan fingerprint density at radius 2 is 1.31 bits per heavy atom. The van der Waals surface area contributed by atoms with Crippen molar-refractivity contribution in [2.24, 2.45) is 22.2 Å². The number of amides is 2. The monoisotopic (exact) mass is 619 g/mol. The maximum atomic E-state index is 12.5. The predicted octanol–water partition coefficient (Wildman–Crippen LogP) is 9.51. The van der Waals surface area contributed by atoms with Crippen molar-refractivity contribution in [3.8, 4) is 0 Å². The first-order chi connectivity index (χ1) is 19.1. The Bertz CT molecular complexity index is 720. The van der Waals surface area contributed by atoms with Crippen molar-refractivity contribution in [1.29, 1.82) is 0 Å². The topological polar surface area (TPSA) is 59.1 Å². The van der Waals surface area contributed by atoms with Gasteiger partial charge in [-0.2, -0.15) is 0 Å². The molecule has 0 fully saturated rings. The number of hydrogen-bond donors (Lipinski definition) is 0. The van der Waals surface area contributed by atoms with Crippen molar-refractivity contribution in [2.75, 3.05) is 39.6 Å². The first-order valence-electron chi connectivity index (χ1n) is 16.5. The number of carbonyl (C=O) groups is 2. The average molecular weight is 619 g/mol. The molecule has 0 radical (unpaired) electrons. The van der Waals surface area contributed by atoms with Gasteiger partial charge in [-0.25, -0.2) is 0 Å².